The van der Waals surface area contributed by atoms with Crippen LogP contribution in [-0.2, 0) is 15.7 Å². The van der Waals surface area contributed by atoms with Gasteiger partial charge in [0.05, 0.1) is 27.9 Å². The van der Waals surface area contributed by atoms with Crippen LogP contribution in [0.15, 0.2) is 72.8 Å². The molecular weight excluding hydrogens is 516 g/mol. The number of ether oxygens (including phenoxy) is 1. The van der Waals surface area contributed by atoms with Gasteiger partial charge in [0.25, 0.3) is 0 Å². The number of carbonyl (C=O) groups excluding carboxylic acids is 1. The summed E-state index contributed by atoms with van der Waals surface area (Å²) in [6.07, 6.45) is 1.90. The monoisotopic (exact) mass is 552 g/mol. The number of hydrogen-bond donors (Lipinski definition) is 1. The lowest BCUT2D eigenvalue weighted by Crippen LogP contribution is -2.42. The number of hydrogen-bond acceptors (Lipinski definition) is 4. The van der Waals surface area contributed by atoms with Crippen molar-refractivity contribution in [3.05, 3.63) is 88.9 Å². The second-order valence-corrected chi connectivity index (χ2v) is 13.1. The fourth-order valence-electron chi connectivity index (χ4n) is 4.88. The first-order valence-electron chi connectivity index (χ1n) is 13.2. The number of benzene rings is 3. The summed E-state index contributed by atoms with van der Waals surface area (Å²) < 4.78 is 21.6. The Labute approximate surface area is 234 Å². The smallest absolute Gasteiger partial charge is 0.338 e. The molecule has 4 rings (SSSR count). The summed E-state index contributed by atoms with van der Waals surface area (Å²) in [7, 11) is -1.22. The van der Waals surface area contributed by atoms with E-state index in [1.54, 1.807) is 0 Å². The topological polar surface area (TPSA) is 58.6 Å². The fraction of sp³-hybridized carbons (Fsp3) is 0.387. The Morgan fingerprint density at radius 3 is 2.26 bits per heavy atom. The Morgan fingerprint density at radius 2 is 1.66 bits per heavy atom. The van der Waals surface area contributed by atoms with E-state index in [-0.39, 0.29) is 16.8 Å². The van der Waals surface area contributed by atoms with E-state index < -0.39 is 11.0 Å². The summed E-state index contributed by atoms with van der Waals surface area (Å²) >= 11 is 6.16. The molecule has 7 heteroatoms. The fourth-order valence-corrected chi connectivity index (χ4v) is 5.91. The highest BCUT2D eigenvalue weighted by atomic mass is 35.5. The van der Waals surface area contributed by atoms with Crippen molar-refractivity contribution < 1.29 is 13.7 Å². The molecule has 0 spiro atoms. The molecule has 1 aliphatic heterocycles. The van der Waals surface area contributed by atoms with Crippen molar-refractivity contribution in [2.75, 3.05) is 24.6 Å². The van der Waals surface area contributed by atoms with Gasteiger partial charge < -0.3 is 9.64 Å². The van der Waals surface area contributed by atoms with Gasteiger partial charge in [-0.15, -0.1) is 0 Å². The molecule has 0 radical (unpaired) electrons. The minimum atomic E-state index is -1.22. The van der Waals surface area contributed by atoms with E-state index in [1.807, 2.05) is 82.3 Å². The van der Waals surface area contributed by atoms with Gasteiger partial charge in [-0.05, 0) is 99.5 Å². The molecule has 2 atom stereocenters. The maximum Gasteiger partial charge on any atom is 0.338 e. The Morgan fingerprint density at radius 1 is 1.03 bits per heavy atom. The summed E-state index contributed by atoms with van der Waals surface area (Å²) in [6, 6.07) is 23.9. The second kappa shape index (κ2) is 12.5. The average Bonchev–Trinajstić information content (AvgIpc) is 2.92. The van der Waals surface area contributed by atoms with Crippen LogP contribution in [0.5, 0.6) is 0 Å². The molecule has 0 aliphatic carbocycles. The van der Waals surface area contributed by atoms with Crippen molar-refractivity contribution in [1.82, 2.24) is 4.72 Å². The normalized spacial score (nSPS) is 16.2. The zero-order chi connectivity index (χ0) is 27.3. The van der Waals surface area contributed by atoms with E-state index >= 15 is 0 Å². The predicted octanol–water partition coefficient (Wildman–Crippen LogP) is 7.19. The molecule has 1 unspecified atom stereocenters. The molecule has 202 valence electrons. The van der Waals surface area contributed by atoms with Crippen molar-refractivity contribution >= 4 is 34.2 Å². The van der Waals surface area contributed by atoms with E-state index in [4.69, 9.17) is 16.3 Å². The van der Waals surface area contributed by atoms with Gasteiger partial charge in [-0.2, -0.15) is 0 Å². The van der Waals surface area contributed by atoms with E-state index in [0.717, 1.165) is 48.3 Å². The van der Waals surface area contributed by atoms with Crippen molar-refractivity contribution in [3.8, 4) is 11.1 Å². The lowest BCUT2D eigenvalue weighted by Gasteiger charge is -2.39. The van der Waals surface area contributed by atoms with Gasteiger partial charge in [0.15, 0.2) is 0 Å². The summed E-state index contributed by atoms with van der Waals surface area (Å²) in [5.41, 5.74) is 5.05. The zero-order valence-electron chi connectivity index (χ0n) is 22.6. The molecule has 1 fully saturated rings. The number of halogens is 1. The standard InChI is InChI=1S/C31H37ClN2O3S/c1-5-37-30(35)24-12-16-26(17-13-24)34-20-18-23(19-21-34)29(33-38(36)31(2,3)4)28-9-7-6-8-27(28)22-10-14-25(32)15-11-22/h6-17,23,29,33H,5,18-21H2,1-4H3/t29-,38?/m0/s1. The third kappa shape index (κ3) is 6.85. The predicted molar refractivity (Wildman–Crippen MR) is 158 cm³/mol. The number of nitrogens with one attached hydrogen (secondary N) is 1. The quantitative estimate of drug-likeness (QED) is 0.300. The van der Waals surface area contributed by atoms with Gasteiger partial charge in [-0.25, -0.2) is 13.7 Å². The van der Waals surface area contributed by atoms with E-state index in [0.29, 0.717) is 23.1 Å². The van der Waals surface area contributed by atoms with Crippen molar-refractivity contribution in [3.63, 3.8) is 0 Å². The first-order chi connectivity index (χ1) is 18.2. The van der Waals surface area contributed by atoms with Crippen LogP contribution in [0, 0.1) is 5.92 Å². The molecular formula is C31H37ClN2O3S. The van der Waals surface area contributed by atoms with Crippen LogP contribution in [0.2, 0.25) is 5.02 Å². The molecule has 1 N–H and O–H groups in total. The third-order valence-electron chi connectivity index (χ3n) is 7.00. The SMILES string of the molecule is CCOC(=O)c1ccc(N2CCC([C@H](NS(=O)C(C)(C)C)c3ccccc3-c3ccc(Cl)cc3)CC2)cc1. The van der Waals surface area contributed by atoms with Gasteiger partial charge in [-0.1, -0.05) is 48.0 Å². The summed E-state index contributed by atoms with van der Waals surface area (Å²) in [5, 5.41) is 0.706. The molecule has 0 bridgehead atoms. The summed E-state index contributed by atoms with van der Waals surface area (Å²) in [5.74, 6) is 0.0164. The van der Waals surface area contributed by atoms with E-state index in [2.05, 4.69) is 27.8 Å². The van der Waals surface area contributed by atoms with Gasteiger partial charge >= 0.3 is 5.97 Å². The molecule has 0 saturated carbocycles. The van der Waals surface area contributed by atoms with Crippen LogP contribution in [0.1, 0.15) is 62.5 Å². The van der Waals surface area contributed by atoms with Crippen molar-refractivity contribution in [2.45, 2.75) is 51.3 Å². The molecule has 3 aromatic rings. The largest absolute Gasteiger partial charge is 0.462 e. The Bertz CT molecular complexity index is 1250. The molecule has 0 aromatic heterocycles. The van der Waals surface area contributed by atoms with E-state index in [9.17, 15) is 9.00 Å². The van der Waals surface area contributed by atoms with Crippen molar-refractivity contribution in [1.29, 1.82) is 0 Å². The van der Waals surface area contributed by atoms with Gasteiger partial charge in [0.1, 0.15) is 0 Å². The molecule has 1 aliphatic rings. The van der Waals surface area contributed by atoms with Gasteiger partial charge in [0.2, 0.25) is 0 Å². The van der Waals surface area contributed by atoms with Gasteiger partial charge in [-0.3, -0.25) is 0 Å². The minimum absolute atomic E-state index is 0.0599. The van der Waals surface area contributed by atoms with Crippen LogP contribution in [0.25, 0.3) is 11.1 Å². The highest BCUT2D eigenvalue weighted by Gasteiger charge is 2.33. The molecule has 3 aromatic carbocycles. The lowest BCUT2D eigenvalue weighted by atomic mass is 9.83. The number of carbonyl (C=O) groups is 1. The number of esters is 1. The molecule has 1 saturated heterocycles. The third-order valence-corrected chi connectivity index (χ3v) is 8.83. The van der Waals surface area contributed by atoms with Crippen LogP contribution < -0.4 is 9.62 Å². The minimum Gasteiger partial charge on any atom is -0.462 e. The maximum absolute atomic E-state index is 13.3. The molecule has 5 nitrogen and oxygen atoms in total. The summed E-state index contributed by atoms with van der Waals surface area (Å²) in [4.78, 5) is 14.4. The van der Waals surface area contributed by atoms with E-state index in [1.165, 1.54) is 0 Å². The summed E-state index contributed by atoms with van der Waals surface area (Å²) in [6.45, 7) is 9.94. The van der Waals surface area contributed by atoms with Crippen molar-refractivity contribution in [2.24, 2.45) is 5.92 Å². The zero-order valence-corrected chi connectivity index (χ0v) is 24.1. The molecule has 1 heterocycles. The van der Waals surface area contributed by atoms with Crippen LogP contribution in [0.3, 0.4) is 0 Å². The van der Waals surface area contributed by atoms with Gasteiger partial charge in [0, 0.05) is 29.8 Å². The highest BCUT2D eigenvalue weighted by Crippen LogP contribution is 2.38. The number of rotatable bonds is 8. The maximum atomic E-state index is 13.3. The Balaban J connectivity index is 1.57. The van der Waals surface area contributed by atoms with Crippen LogP contribution >= 0.6 is 11.6 Å². The Hall–Kier alpha value is -2.67. The molecule has 0 amide bonds. The van der Waals surface area contributed by atoms with Crippen LogP contribution in [-0.4, -0.2) is 34.6 Å². The first kappa shape index (κ1) is 28.3. The van der Waals surface area contributed by atoms with Crippen LogP contribution in [0.4, 0.5) is 5.69 Å². The number of piperidine rings is 1. The first-order valence-corrected chi connectivity index (χ1v) is 14.7. The highest BCUT2D eigenvalue weighted by molar-refractivity contribution is 7.84. The lowest BCUT2D eigenvalue weighted by molar-refractivity contribution is 0.0526. The Kier molecular flexibility index (Phi) is 9.29. The number of anilines is 1. The average molecular weight is 553 g/mol. The number of nitrogens with zero attached hydrogens (tertiary/aromatic N) is 1. The molecule has 38 heavy (non-hydrogen) atoms. The second-order valence-electron chi connectivity index (χ2n) is 10.7.